The monoisotopic (exact) mass is 481 g/mol. The lowest BCUT2D eigenvalue weighted by Crippen LogP contribution is -2.29. The number of carbonyl (C=O) groups is 1. The number of ether oxygens (including phenoxy) is 2. The van der Waals surface area contributed by atoms with Crippen LogP contribution in [0, 0.1) is 13.8 Å². The standard InChI is InChI=1S/C30H27NO5/c1-5-15-35-24-14-10-20(17-25(24)34-6-2)27-26-28(32)22-16-19(4)9-13-23(22)36-29(26)30(33)31(27)21-11-7-18(3)8-12-21/h5,7-14,16-17,27H,1,6,15H2,2-4H3. The number of hydrogen-bond acceptors (Lipinski definition) is 5. The molecule has 6 nitrogen and oxygen atoms in total. The van der Waals surface area contributed by atoms with Crippen LogP contribution in [0.1, 0.15) is 45.8 Å². The minimum Gasteiger partial charge on any atom is -0.490 e. The van der Waals surface area contributed by atoms with Crippen molar-refractivity contribution in [1.29, 1.82) is 0 Å². The first-order valence-electron chi connectivity index (χ1n) is 11.9. The van der Waals surface area contributed by atoms with Gasteiger partial charge in [-0.3, -0.25) is 14.5 Å². The lowest BCUT2D eigenvalue weighted by atomic mass is 9.97. The van der Waals surface area contributed by atoms with Gasteiger partial charge in [0.05, 0.1) is 23.6 Å². The molecule has 0 spiro atoms. The van der Waals surface area contributed by atoms with Crippen molar-refractivity contribution in [3.63, 3.8) is 0 Å². The smallest absolute Gasteiger partial charge is 0.295 e. The van der Waals surface area contributed by atoms with Crippen LogP contribution in [0.5, 0.6) is 11.5 Å². The molecule has 1 aromatic heterocycles. The Bertz CT molecular complexity index is 1530. The number of nitrogens with zero attached hydrogens (tertiary/aromatic N) is 1. The molecule has 0 bridgehead atoms. The summed E-state index contributed by atoms with van der Waals surface area (Å²) in [4.78, 5) is 29.2. The van der Waals surface area contributed by atoms with Crippen LogP contribution in [-0.2, 0) is 0 Å². The number of benzene rings is 3. The maximum absolute atomic E-state index is 13.8. The van der Waals surface area contributed by atoms with Crippen LogP contribution in [0.4, 0.5) is 5.69 Å². The summed E-state index contributed by atoms with van der Waals surface area (Å²) in [7, 11) is 0. The Morgan fingerprint density at radius 1 is 0.944 bits per heavy atom. The Morgan fingerprint density at radius 3 is 2.42 bits per heavy atom. The highest BCUT2D eigenvalue weighted by Gasteiger charge is 2.44. The number of amides is 1. The third-order valence-electron chi connectivity index (χ3n) is 6.28. The van der Waals surface area contributed by atoms with E-state index in [4.69, 9.17) is 13.9 Å². The second-order valence-electron chi connectivity index (χ2n) is 8.83. The highest BCUT2D eigenvalue weighted by molar-refractivity contribution is 6.10. The van der Waals surface area contributed by atoms with E-state index in [0.717, 1.165) is 16.7 Å². The van der Waals surface area contributed by atoms with Gasteiger partial charge in [0.2, 0.25) is 5.76 Å². The molecule has 182 valence electrons. The van der Waals surface area contributed by atoms with Crippen LogP contribution in [0.2, 0.25) is 0 Å². The van der Waals surface area contributed by atoms with Crippen LogP contribution in [0.3, 0.4) is 0 Å². The van der Waals surface area contributed by atoms with Crippen molar-refractivity contribution in [3.8, 4) is 11.5 Å². The van der Waals surface area contributed by atoms with Gasteiger partial charge in [0.25, 0.3) is 5.91 Å². The molecule has 0 fully saturated rings. The Hall–Kier alpha value is -4.32. The summed E-state index contributed by atoms with van der Waals surface area (Å²) >= 11 is 0. The third-order valence-corrected chi connectivity index (χ3v) is 6.28. The normalized spacial score (nSPS) is 14.7. The molecule has 1 aliphatic rings. The molecule has 4 aromatic rings. The molecule has 3 aromatic carbocycles. The van der Waals surface area contributed by atoms with E-state index < -0.39 is 6.04 Å². The second kappa shape index (κ2) is 9.38. The number of aryl methyl sites for hydroxylation is 2. The predicted molar refractivity (Wildman–Crippen MR) is 140 cm³/mol. The summed E-state index contributed by atoms with van der Waals surface area (Å²) in [5.74, 6) is 0.797. The molecular weight excluding hydrogens is 454 g/mol. The Labute approximate surface area is 209 Å². The zero-order valence-electron chi connectivity index (χ0n) is 20.5. The zero-order chi connectivity index (χ0) is 25.4. The van der Waals surface area contributed by atoms with Crippen LogP contribution in [0.15, 0.2) is 82.5 Å². The minimum absolute atomic E-state index is 0.0619. The average molecular weight is 482 g/mol. The van der Waals surface area contributed by atoms with E-state index in [0.29, 0.717) is 46.9 Å². The third kappa shape index (κ3) is 3.94. The topological polar surface area (TPSA) is 69.0 Å². The fraction of sp³-hybridized carbons (Fsp3) is 0.200. The molecule has 1 aliphatic heterocycles. The Balaban J connectivity index is 1.75. The summed E-state index contributed by atoms with van der Waals surface area (Å²) in [6.07, 6.45) is 1.66. The largest absolute Gasteiger partial charge is 0.490 e. The summed E-state index contributed by atoms with van der Waals surface area (Å²) in [6.45, 7) is 10.3. The summed E-state index contributed by atoms with van der Waals surface area (Å²) < 4.78 is 17.7. The molecule has 0 saturated heterocycles. The Morgan fingerprint density at radius 2 is 1.69 bits per heavy atom. The predicted octanol–water partition coefficient (Wildman–Crippen LogP) is 6.12. The maximum atomic E-state index is 13.8. The van der Waals surface area contributed by atoms with Gasteiger partial charge in [0.1, 0.15) is 12.2 Å². The summed E-state index contributed by atoms with van der Waals surface area (Å²) in [5.41, 5.74) is 3.90. The number of anilines is 1. The quantitative estimate of drug-likeness (QED) is 0.297. The molecule has 6 heteroatoms. The first-order valence-corrected chi connectivity index (χ1v) is 11.9. The van der Waals surface area contributed by atoms with Gasteiger partial charge in [-0.2, -0.15) is 0 Å². The van der Waals surface area contributed by atoms with Gasteiger partial charge in [-0.05, 0) is 62.7 Å². The van der Waals surface area contributed by atoms with E-state index in [1.807, 2.05) is 63.2 Å². The van der Waals surface area contributed by atoms with Gasteiger partial charge in [0.15, 0.2) is 16.9 Å². The number of carbonyl (C=O) groups excluding carboxylic acids is 1. The SMILES string of the molecule is C=CCOc1ccc(C2c3c(oc4ccc(C)cc4c3=O)C(=O)N2c2ccc(C)cc2)cc1OCC. The van der Waals surface area contributed by atoms with Gasteiger partial charge in [-0.15, -0.1) is 0 Å². The minimum atomic E-state index is -0.691. The molecule has 2 heterocycles. The fourth-order valence-corrected chi connectivity index (χ4v) is 4.60. The van der Waals surface area contributed by atoms with Crippen LogP contribution >= 0.6 is 0 Å². The van der Waals surface area contributed by atoms with Gasteiger partial charge in [-0.1, -0.05) is 48.0 Å². The molecule has 1 amide bonds. The first-order chi connectivity index (χ1) is 17.4. The van der Waals surface area contributed by atoms with Gasteiger partial charge >= 0.3 is 0 Å². The molecule has 5 rings (SSSR count). The fourth-order valence-electron chi connectivity index (χ4n) is 4.60. The lowest BCUT2D eigenvalue weighted by Gasteiger charge is -2.26. The van der Waals surface area contributed by atoms with E-state index in [-0.39, 0.29) is 17.1 Å². The molecule has 1 atom stereocenters. The number of rotatable bonds is 7. The number of fused-ring (bicyclic) bond motifs is 2. The van der Waals surface area contributed by atoms with Gasteiger partial charge in [-0.25, -0.2) is 0 Å². The molecule has 36 heavy (non-hydrogen) atoms. The number of hydrogen-bond donors (Lipinski definition) is 0. The molecule has 0 radical (unpaired) electrons. The van der Waals surface area contributed by atoms with E-state index in [2.05, 4.69) is 6.58 Å². The van der Waals surface area contributed by atoms with Gasteiger partial charge in [0, 0.05) is 5.69 Å². The van der Waals surface area contributed by atoms with Crippen LogP contribution < -0.4 is 19.8 Å². The molecule has 0 N–H and O–H groups in total. The van der Waals surface area contributed by atoms with Crippen molar-refractivity contribution in [1.82, 2.24) is 0 Å². The van der Waals surface area contributed by atoms with Crippen molar-refractivity contribution >= 4 is 22.6 Å². The molecule has 0 aliphatic carbocycles. The maximum Gasteiger partial charge on any atom is 0.295 e. The molecule has 1 unspecified atom stereocenters. The van der Waals surface area contributed by atoms with Crippen molar-refractivity contribution in [3.05, 3.63) is 112 Å². The Kier molecular flexibility index (Phi) is 6.10. The van der Waals surface area contributed by atoms with Crippen LogP contribution in [0.25, 0.3) is 11.0 Å². The average Bonchev–Trinajstić information content (AvgIpc) is 3.17. The van der Waals surface area contributed by atoms with Crippen LogP contribution in [-0.4, -0.2) is 19.1 Å². The molecular formula is C30H27NO5. The van der Waals surface area contributed by atoms with Gasteiger partial charge < -0.3 is 13.9 Å². The molecule has 0 saturated carbocycles. The van der Waals surface area contributed by atoms with E-state index >= 15 is 0 Å². The first kappa shape index (κ1) is 23.4. The lowest BCUT2D eigenvalue weighted by molar-refractivity contribution is 0.0971. The summed E-state index contributed by atoms with van der Waals surface area (Å²) in [5, 5.41) is 0.452. The highest BCUT2D eigenvalue weighted by atomic mass is 16.5. The van der Waals surface area contributed by atoms with Crippen molar-refractivity contribution in [2.45, 2.75) is 26.8 Å². The zero-order valence-corrected chi connectivity index (χ0v) is 20.5. The second-order valence-corrected chi connectivity index (χ2v) is 8.83. The highest BCUT2D eigenvalue weighted by Crippen LogP contribution is 2.43. The van der Waals surface area contributed by atoms with E-state index in [1.54, 1.807) is 29.2 Å². The van der Waals surface area contributed by atoms with E-state index in [9.17, 15) is 9.59 Å². The van der Waals surface area contributed by atoms with Crippen molar-refractivity contribution in [2.75, 3.05) is 18.1 Å². The summed E-state index contributed by atoms with van der Waals surface area (Å²) in [6, 6.07) is 17.8. The van der Waals surface area contributed by atoms with Crippen molar-refractivity contribution in [2.24, 2.45) is 0 Å². The van der Waals surface area contributed by atoms with Crippen molar-refractivity contribution < 1.29 is 18.7 Å². The van der Waals surface area contributed by atoms with E-state index in [1.165, 1.54) is 0 Å².